The molecule has 1 heterocycles. The number of nitrogens with zero attached hydrogens (tertiary/aromatic N) is 1. The first-order chi connectivity index (χ1) is 9.02. The summed E-state index contributed by atoms with van der Waals surface area (Å²) in [6.45, 7) is 4.15. The molecule has 1 aliphatic rings. The lowest BCUT2D eigenvalue weighted by atomic mass is 9.90. The molecule has 1 saturated heterocycles. The molecule has 1 unspecified atom stereocenters. The van der Waals surface area contributed by atoms with Gasteiger partial charge < -0.3 is 20.5 Å². The van der Waals surface area contributed by atoms with E-state index in [9.17, 15) is 4.79 Å². The van der Waals surface area contributed by atoms with Crippen LogP contribution in [0, 0.1) is 5.41 Å². The number of hydrogen-bond donors (Lipinski definition) is 2. The van der Waals surface area contributed by atoms with Gasteiger partial charge in [0.15, 0.2) is 6.61 Å². The summed E-state index contributed by atoms with van der Waals surface area (Å²) >= 11 is 0. The summed E-state index contributed by atoms with van der Waals surface area (Å²) in [6, 6.07) is 6.33. The SMILES string of the molecule is CC1(CN)CCN(C(=O)COc2ccc(O)cc2)C1.Cl. The molecular formula is C14H21ClN2O3. The molecule has 0 aliphatic carbocycles. The third-order valence-corrected chi connectivity index (χ3v) is 3.60. The van der Waals surface area contributed by atoms with Gasteiger partial charge in [-0.15, -0.1) is 12.4 Å². The van der Waals surface area contributed by atoms with E-state index in [2.05, 4.69) is 6.92 Å². The number of phenolic OH excluding ortho intramolecular Hbond substituents is 1. The fraction of sp³-hybridized carbons (Fsp3) is 0.500. The number of hydrogen-bond acceptors (Lipinski definition) is 4. The maximum absolute atomic E-state index is 12.0. The van der Waals surface area contributed by atoms with Gasteiger partial charge in [-0.3, -0.25) is 4.79 Å². The predicted molar refractivity (Wildman–Crippen MR) is 79.2 cm³/mol. The molecule has 0 spiro atoms. The van der Waals surface area contributed by atoms with Gasteiger partial charge in [-0.2, -0.15) is 0 Å². The molecule has 5 nitrogen and oxygen atoms in total. The molecule has 2 rings (SSSR count). The molecule has 1 amide bonds. The molecule has 1 aromatic rings. The average molecular weight is 301 g/mol. The Morgan fingerprint density at radius 1 is 1.45 bits per heavy atom. The van der Waals surface area contributed by atoms with Gasteiger partial charge >= 0.3 is 0 Å². The van der Waals surface area contributed by atoms with Crippen LogP contribution in [0.4, 0.5) is 0 Å². The van der Waals surface area contributed by atoms with Gasteiger partial charge in [0.25, 0.3) is 5.91 Å². The van der Waals surface area contributed by atoms with Crippen LogP contribution < -0.4 is 10.5 Å². The first kappa shape index (κ1) is 16.6. The zero-order chi connectivity index (χ0) is 13.9. The predicted octanol–water partition coefficient (Wildman–Crippen LogP) is 1.39. The molecule has 112 valence electrons. The van der Waals surface area contributed by atoms with Crippen molar-refractivity contribution in [1.29, 1.82) is 0 Å². The number of amides is 1. The van der Waals surface area contributed by atoms with Crippen LogP contribution in [0.5, 0.6) is 11.5 Å². The highest BCUT2D eigenvalue weighted by Crippen LogP contribution is 2.28. The summed E-state index contributed by atoms with van der Waals surface area (Å²) in [5, 5.41) is 9.15. The van der Waals surface area contributed by atoms with Crippen LogP contribution in [-0.4, -0.2) is 42.2 Å². The summed E-state index contributed by atoms with van der Waals surface area (Å²) in [4.78, 5) is 13.8. The van der Waals surface area contributed by atoms with Crippen molar-refractivity contribution in [1.82, 2.24) is 4.90 Å². The van der Waals surface area contributed by atoms with Crippen molar-refractivity contribution < 1.29 is 14.6 Å². The molecule has 1 atom stereocenters. The quantitative estimate of drug-likeness (QED) is 0.881. The number of ether oxygens (including phenoxy) is 1. The maximum atomic E-state index is 12.0. The van der Waals surface area contributed by atoms with Crippen molar-refractivity contribution in [3.63, 3.8) is 0 Å². The van der Waals surface area contributed by atoms with E-state index in [1.165, 1.54) is 12.1 Å². The number of halogens is 1. The first-order valence-electron chi connectivity index (χ1n) is 6.42. The lowest BCUT2D eigenvalue weighted by Gasteiger charge is -2.22. The summed E-state index contributed by atoms with van der Waals surface area (Å²) < 4.78 is 5.40. The number of nitrogens with two attached hydrogens (primary N) is 1. The number of phenols is 1. The minimum atomic E-state index is -0.0229. The van der Waals surface area contributed by atoms with Crippen molar-refractivity contribution in [2.75, 3.05) is 26.2 Å². The van der Waals surface area contributed by atoms with Gasteiger partial charge in [-0.05, 0) is 42.6 Å². The molecular weight excluding hydrogens is 280 g/mol. The Bertz CT molecular complexity index is 452. The van der Waals surface area contributed by atoms with Gasteiger partial charge in [0, 0.05) is 13.1 Å². The van der Waals surface area contributed by atoms with E-state index in [1.807, 2.05) is 0 Å². The van der Waals surface area contributed by atoms with Crippen LogP contribution in [0.1, 0.15) is 13.3 Å². The van der Waals surface area contributed by atoms with Crippen LogP contribution in [-0.2, 0) is 4.79 Å². The smallest absolute Gasteiger partial charge is 0.260 e. The Hall–Kier alpha value is -1.46. The Morgan fingerprint density at radius 3 is 2.65 bits per heavy atom. The topological polar surface area (TPSA) is 75.8 Å². The van der Waals surface area contributed by atoms with E-state index in [1.54, 1.807) is 17.0 Å². The van der Waals surface area contributed by atoms with Crippen molar-refractivity contribution in [2.45, 2.75) is 13.3 Å². The molecule has 3 N–H and O–H groups in total. The van der Waals surface area contributed by atoms with Crippen molar-refractivity contribution in [3.8, 4) is 11.5 Å². The fourth-order valence-electron chi connectivity index (χ4n) is 2.18. The minimum absolute atomic E-state index is 0. The Labute approximate surface area is 125 Å². The first-order valence-corrected chi connectivity index (χ1v) is 6.42. The third-order valence-electron chi connectivity index (χ3n) is 3.60. The summed E-state index contributed by atoms with van der Waals surface area (Å²) in [5.41, 5.74) is 5.75. The summed E-state index contributed by atoms with van der Waals surface area (Å²) in [7, 11) is 0. The maximum Gasteiger partial charge on any atom is 0.260 e. The van der Waals surface area contributed by atoms with E-state index in [4.69, 9.17) is 15.6 Å². The second kappa shape index (κ2) is 6.81. The largest absolute Gasteiger partial charge is 0.508 e. The molecule has 1 fully saturated rings. The molecule has 0 radical (unpaired) electrons. The molecule has 20 heavy (non-hydrogen) atoms. The zero-order valence-electron chi connectivity index (χ0n) is 11.5. The van der Waals surface area contributed by atoms with Crippen LogP contribution in [0.25, 0.3) is 0 Å². The highest BCUT2D eigenvalue weighted by atomic mass is 35.5. The van der Waals surface area contributed by atoms with Gasteiger partial charge in [-0.1, -0.05) is 6.92 Å². The number of rotatable bonds is 4. The van der Waals surface area contributed by atoms with Crippen LogP contribution >= 0.6 is 12.4 Å². The van der Waals surface area contributed by atoms with Crippen molar-refractivity contribution in [2.24, 2.45) is 11.1 Å². The van der Waals surface area contributed by atoms with E-state index >= 15 is 0 Å². The van der Waals surface area contributed by atoms with E-state index in [0.29, 0.717) is 18.8 Å². The molecule has 1 aliphatic heterocycles. The lowest BCUT2D eigenvalue weighted by molar-refractivity contribution is -0.132. The normalized spacial score (nSPS) is 21.4. The third kappa shape index (κ3) is 4.02. The van der Waals surface area contributed by atoms with E-state index in [0.717, 1.165) is 13.0 Å². The highest BCUT2D eigenvalue weighted by molar-refractivity contribution is 5.85. The lowest BCUT2D eigenvalue weighted by Crippen LogP contribution is -2.36. The van der Waals surface area contributed by atoms with Crippen molar-refractivity contribution >= 4 is 18.3 Å². The molecule has 0 bridgehead atoms. The Kier molecular flexibility index (Phi) is 5.65. The van der Waals surface area contributed by atoms with Crippen LogP contribution in [0.2, 0.25) is 0 Å². The van der Waals surface area contributed by atoms with Gasteiger partial charge in [-0.25, -0.2) is 0 Å². The molecule has 6 heteroatoms. The highest BCUT2D eigenvalue weighted by Gasteiger charge is 2.34. The minimum Gasteiger partial charge on any atom is -0.508 e. The number of benzene rings is 1. The van der Waals surface area contributed by atoms with Crippen molar-refractivity contribution in [3.05, 3.63) is 24.3 Å². The molecule has 0 aromatic heterocycles. The van der Waals surface area contributed by atoms with E-state index in [-0.39, 0.29) is 36.1 Å². The molecule has 1 aromatic carbocycles. The van der Waals surface area contributed by atoms with Gasteiger partial charge in [0.1, 0.15) is 11.5 Å². The molecule has 0 saturated carbocycles. The summed E-state index contributed by atoms with van der Waals surface area (Å²) in [5.74, 6) is 0.731. The second-order valence-corrected chi connectivity index (χ2v) is 5.36. The number of aromatic hydroxyl groups is 1. The van der Waals surface area contributed by atoms with Gasteiger partial charge in [0.05, 0.1) is 0 Å². The number of carbonyl (C=O) groups is 1. The number of carbonyl (C=O) groups excluding carboxylic acids is 1. The Morgan fingerprint density at radius 2 is 2.10 bits per heavy atom. The fourth-order valence-corrected chi connectivity index (χ4v) is 2.18. The number of likely N-dealkylation sites (tertiary alicyclic amines) is 1. The zero-order valence-corrected chi connectivity index (χ0v) is 12.4. The monoisotopic (exact) mass is 300 g/mol. The second-order valence-electron chi connectivity index (χ2n) is 5.36. The Balaban J connectivity index is 0.00000200. The van der Waals surface area contributed by atoms with Crippen LogP contribution in [0.15, 0.2) is 24.3 Å². The average Bonchev–Trinajstić information content (AvgIpc) is 2.81. The standard InChI is InChI=1S/C14H20N2O3.ClH/c1-14(9-15)6-7-16(10-14)13(18)8-19-12-4-2-11(17)3-5-12;/h2-5,17H,6-10,15H2,1H3;1H. The van der Waals surface area contributed by atoms with E-state index < -0.39 is 0 Å². The summed E-state index contributed by atoms with van der Waals surface area (Å²) in [6.07, 6.45) is 0.939. The van der Waals surface area contributed by atoms with Crippen LogP contribution in [0.3, 0.4) is 0 Å². The van der Waals surface area contributed by atoms with Gasteiger partial charge in [0.2, 0.25) is 0 Å².